The van der Waals surface area contributed by atoms with Gasteiger partial charge in [0, 0.05) is 4.47 Å². The molecule has 0 spiro atoms. The first-order valence-corrected chi connectivity index (χ1v) is 6.89. The number of carbonyl (C=O) groups excluding carboxylic acids is 1. The van der Waals surface area contributed by atoms with Crippen molar-refractivity contribution in [1.29, 1.82) is 5.26 Å². The molecule has 0 saturated heterocycles. The minimum atomic E-state index is -0.237. The van der Waals surface area contributed by atoms with Crippen molar-refractivity contribution in [1.82, 2.24) is 0 Å². The molecular formula is C16H13BrN2O. The van der Waals surface area contributed by atoms with E-state index in [1.807, 2.05) is 38.1 Å². The minimum Gasteiger partial charge on any atom is -0.321 e. The first-order chi connectivity index (χ1) is 9.52. The third kappa shape index (κ3) is 2.89. The van der Waals surface area contributed by atoms with Gasteiger partial charge in [0.15, 0.2) is 0 Å². The molecule has 0 radical (unpaired) electrons. The van der Waals surface area contributed by atoms with Crippen LogP contribution in [0.1, 0.15) is 27.0 Å². The number of halogens is 1. The maximum Gasteiger partial charge on any atom is 0.256 e. The summed E-state index contributed by atoms with van der Waals surface area (Å²) in [6.07, 6.45) is 0. The number of carbonyl (C=O) groups is 1. The van der Waals surface area contributed by atoms with Gasteiger partial charge in [-0.15, -0.1) is 0 Å². The Labute approximate surface area is 126 Å². The van der Waals surface area contributed by atoms with Crippen LogP contribution < -0.4 is 5.32 Å². The third-order valence-electron chi connectivity index (χ3n) is 3.00. The molecule has 2 rings (SSSR count). The van der Waals surface area contributed by atoms with Crippen molar-refractivity contribution in [2.24, 2.45) is 0 Å². The maximum atomic E-state index is 12.3. The van der Waals surface area contributed by atoms with Gasteiger partial charge in [0.2, 0.25) is 0 Å². The van der Waals surface area contributed by atoms with Crippen LogP contribution in [0.2, 0.25) is 0 Å². The number of aryl methyl sites for hydroxylation is 2. The smallest absolute Gasteiger partial charge is 0.256 e. The number of benzene rings is 2. The average molecular weight is 329 g/mol. The predicted octanol–water partition coefficient (Wildman–Crippen LogP) is 4.19. The molecule has 1 N–H and O–H groups in total. The van der Waals surface area contributed by atoms with Gasteiger partial charge in [-0.05, 0) is 59.1 Å². The molecule has 0 aromatic heterocycles. The van der Waals surface area contributed by atoms with Gasteiger partial charge in [0.05, 0.1) is 16.8 Å². The summed E-state index contributed by atoms with van der Waals surface area (Å²) in [6.45, 7) is 3.80. The van der Waals surface area contributed by atoms with E-state index in [4.69, 9.17) is 5.26 Å². The van der Waals surface area contributed by atoms with Crippen LogP contribution in [0.15, 0.2) is 40.9 Å². The number of nitriles is 1. The molecule has 0 fully saturated rings. The highest BCUT2D eigenvalue weighted by molar-refractivity contribution is 9.10. The number of hydrogen-bond acceptors (Lipinski definition) is 2. The highest BCUT2D eigenvalue weighted by Gasteiger charge is 2.13. The summed E-state index contributed by atoms with van der Waals surface area (Å²) in [5.74, 6) is -0.237. The van der Waals surface area contributed by atoms with E-state index in [-0.39, 0.29) is 5.91 Å². The summed E-state index contributed by atoms with van der Waals surface area (Å²) >= 11 is 3.39. The summed E-state index contributed by atoms with van der Waals surface area (Å²) < 4.78 is 0.737. The van der Waals surface area contributed by atoms with Crippen LogP contribution in [0.4, 0.5) is 5.69 Å². The number of hydrogen-bond donors (Lipinski definition) is 1. The molecule has 2 aromatic rings. The summed E-state index contributed by atoms with van der Waals surface area (Å²) in [5, 5.41) is 12.0. The Hall–Kier alpha value is -2.12. The number of amides is 1. The molecule has 100 valence electrons. The zero-order chi connectivity index (χ0) is 14.7. The van der Waals surface area contributed by atoms with E-state index in [2.05, 4.69) is 27.3 Å². The standard InChI is InChI=1S/C16H13BrN2O/c1-10-6-7-12(14(17)8-10)16(20)19-15-5-3-4-11(2)13(15)9-18/h3-8H,1-2H3,(H,19,20). The zero-order valence-corrected chi connectivity index (χ0v) is 12.8. The fraction of sp³-hybridized carbons (Fsp3) is 0.125. The fourth-order valence-electron chi connectivity index (χ4n) is 1.91. The van der Waals surface area contributed by atoms with E-state index in [1.54, 1.807) is 12.1 Å². The normalized spacial score (nSPS) is 9.90. The summed E-state index contributed by atoms with van der Waals surface area (Å²) in [7, 11) is 0. The van der Waals surface area contributed by atoms with Crippen molar-refractivity contribution in [3.05, 3.63) is 63.1 Å². The summed E-state index contributed by atoms with van der Waals surface area (Å²) in [6, 6.07) is 13.0. The fourth-order valence-corrected chi connectivity index (χ4v) is 2.59. The first-order valence-electron chi connectivity index (χ1n) is 6.10. The summed E-state index contributed by atoms with van der Waals surface area (Å²) in [4.78, 5) is 12.3. The third-order valence-corrected chi connectivity index (χ3v) is 3.66. The van der Waals surface area contributed by atoms with Crippen LogP contribution in [0.3, 0.4) is 0 Å². The van der Waals surface area contributed by atoms with E-state index >= 15 is 0 Å². The monoisotopic (exact) mass is 328 g/mol. The lowest BCUT2D eigenvalue weighted by Crippen LogP contribution is -2.14. The Kier molecular flexibility index (Phi) is 4.21. The van der Waals surface area contributed by atoms with Gasteiger partial charge in [-0.2, -0.15) is 5.26 Å². The highest BCUT2D eigenvalue weighted by Crippen LogP contribution is 2.22. The maximum absolute atomic E-state index is 12.3. The van der Waals surface area contributed by atoms with Gasteiger partial charge in [-0.25, -0.2) is 0 Å². The van der Waals surface area contributed by atoms with Crippen LogP contribution >= 0.6 is 15.9 Å². The molecule has 2 aromatic carbocycles. The molecule has 0 unspecified atom stereocenters. The van der Waals surface area contributed by atoms with Crippen LogP contribution in [-0.2, 0) is 0 Å². The highest BCUT2D eigenvalue weighted by atomic mass is 79.9. The lowest BCUT2D eigenvalue weighted by molar-refractivity contribution is 0.102. The first kappa shape index (κ1) is 14.3. The van der Waals surface area contributed by atoms with Gasteiger partial charge >= 0.3 is 0 Å². The Balaban J connectivity index is 2.33. The van der Waals surface area contributed by atoms with Crippen molar-refractivity contribution < 1.29 is 4.79 Å². The number of rotatable bonds is 2. The van der Waals surface area contributed by atoms with Crippen LogP contribution in [0.5, 0.6) is 0 Å². The molecule has 0 atom stereocenters. The molecule has 0 heterocycles. The van der Waals surface area contributed by atoms with E-state index in [1.165, 1.54) is 0 Å². The Morgan fingerprint density at radius 1 is 1.25 bits per heavy atom. The minimum absolute atomic E-state index is 0.237. The Morgan fingerprint density at radius 2 is 2.00 bits per heavy atom. The second-order valence-corrected chi connectivity index (χ2v) is 5.40. The van der Waals surface area contributed by atoms with Gasteiger partial charge in [-0.3, -0.25) is 4.79 Å². The number of nitrogens with one attached hydrogen (secondary N) is 1. The van der Waals surface area contributed by atoms with Crippen molar-refractivity contribution >= 4 is 27.5 Å². The number of anilines is 1. The van der Waals surface area contributed by atoms with Crippen LogP contribution in [-0.4, -0.2) is 5.91 Å². The quantitative estimate of drug-likeness (QED) is 0.898. The van der Waals surface area contributed by atoms with E-state index in [0.717, 1.165) is 15.6 Å². The molecule has 20 heavy (non-hydrogen) atoms. The Bertz CT molecular complexity index is 717. The topological polar surface area (TPSA) is 52.9 Å². The molecule has 0 aliphatic rings. The van der Waals surface area contributed by atoms with Crippen molar-refractivity contribution in [2.45, 2.75) is 13.8 Å². The van der Waals surface area contributed by atoms with Gasteiger partial charge < -0.3 is 5.32 Å². The lowest BCUT2D eigenvalue weighted by Gasteiger charge is -2.10. The molecule has 1 amide bonds. The summed E-state index contributed by atoms with van der Waals surface area (Å²) in [5.41, 5.74) is 3.48. The number of nitrogens with zero attached hydrogens (tertiary/aromatic N) is 1. The van der Waals surface area contributed by atoms with Crippen molar-refractivity contribution in [3.8, 4) is 6.07 Å². The predicted molar refractivity (Wildman–Crippen MR) is 82.7 cm³/mol. The van der Waals surface area contributed by atoms with E-state index in [0.29, 0.717) is 16.8 Å². The molecule has 0 aliphatic heterocycles. The lowest BCUT2D eigenvalue weighted by atomic mass is 10.1. The molecule has 0 saturated carbocycles. The largest absolute Gasteiger partial charge is 0.321 e. The molecule has 0 aliphatic carbocycles. The SMILES string of the molecule is Cc1ccc(C(=O)Nc2cccc(C)c2C#N)c(Br)c1. The van der Waals surface area contributed by atoms with Crippen molar-refractivity contribution in [2.75, 3.05) is 5.32 Å². The van der Waals surface area contributed by atoms with Crippen LogP contribution in [0.25, 0.3) is 0 Å². The molecule has 4 heteroatoms. The van der Waals surface area contributed by atoms with Gasteiger partial charge in [0.25, 0.3) is 5.91 Å². The van der Waals surface area contributed by atoms with Crippen LogP contribution in [0, 0.1) is 25.2 Å². The molecule has 3 nitrogen and oxygen atoms in total. The van der Waals surface area contributed by atoms with E-state index in [9.17, 15) is 4.79 Å². The average Bonchev–Trinajstić information content (AvgIpc) is 2.38. The van der Waals surface area contributed by atoms with E-state index < -0.39 is 0 Å². The van der Waals surface area contributed by atoms with Crippen molar-refractivity contribution in [3.63, 3.8) is 0 Å². The van der Waals surface area contributed by atoms with Gasteiger partial charge in [-0.1, -0.05) is 18.2 Å². The Morgan fingerprint density at radius 3 is 2.65 bits per heavy atom. The second-order valence-electron chi connectivity index (χ2n) is 4.55. The zero-order valence-electron chi connectivity index (χ0n) is 11.2. The molecule has 0 bridgehead atoms. The second kappa shape index (κ2) is 5.89. The molecular weight excluding hydrogens is 316 g/mol. The van der Waals surface area contributed by atoms with Gasteiger partial charge in [0.1, 0.15) is 6.07 Å².